The Morgan fingerprint density at radius 2 is 1.86 bits per heavy atom. The number of rotatable bonds is 5. The van der Waals surface area contributed by atoms with Crippen LogP contribution in [0.5, 0.6) is 0 Å². The highest BCUT2D eigenvalue weighted by Crippen LogP contribution is 2.11. The number of hydrogen-bond acceptors (Lipinski definition) is 2. The van der Waals surface area contributed by atoms with Crippen LogP contribution in [0.15, 0.2) is 42.5 Å². The number of Topliss-reactive ketones (excluding diaryl/α,β-unsaturated/α-hetero) is 1. The highest BCUT2D eigenvalue weighted by atomic mass is 32.2. The lowest BCUT2D eigenvalue weighted by molar-refractivity contribution is 0.102. The summed E-state index contributed by atoms with van der Waals surface area (Å²) in [5.74, 6) is -2.49. The van der Waals surface area contributed by atoms with Gasteiger partial charge in [0.15, 0.2) is 17.4 Å². The fourth-order valence-electron chi connectivity index (χ4n) is 1.94. The molecule has 1 unspecified atom stereocenters. The molecule has 0 aliphatic rings. The zero-order valence-corrected chi connectivity index (χ0v) is 12.3. The standard InChI is InChI=1S/C16H14F2O2S/c1-11-3-2-4-12(7-11)9-21(20)10-16(19)13-5-6-14(17)15(18)8-13/h2-8H,9-10H2,1H3. The molecule has 0 bridgehead atoms. The van der Waals surface area contributed by atoms with E-state index >= 15 is 0 Å². The first-order chi connectivity index (χ1) is 9.95. The van der Waals surface area contributed by atoms with Gasteiger partial charge in [-0.1, -0.05) is 29.8 Å². The van der Waals surface area contributed by atoms with Crippen molar-refractivity contribution < 1.29 is 17.8 Å². The molecule has 2 nitrogen and oxygen atoms in total. The van der Waals surface area contributed by atoms with Crippen molar-refractivity contribution in [3.8, 4) is 0 Å². The Labute approximate surface area is 124 Å². The number of carbonyl (C=O) groups excluding carboxylic acids is 1. The zero-order valence-electron chi connectivity index (χ0n) is 11.4. The minimum atomic E-state index is -1.39. The Morgan fingerprint density at radius 3 is 2.52 bits per heavy atom. The maximum Gasteiger partial charge on any atom is 0.175 e. The zero-order chi connectivity index (χ0) is 15.4. The van der Waals surface area contributed by atoms with Crippen LogP contribution in [-0.2, 0) is 16.6 Å². The second-order valence-corrected chi connectivity index (χ2v) is 6.23. The van der Waals surface area contributed by atoms with E-state index in [9.17, 15) is 17.8 Å². The molecule has 1 atom stereocenters. The van der Waals surface area contributed by atoms with Crippen molar-refractivity contribution in [1.29, 1.82) is 0 Å². The molecular weight excluding hydrogens is 294 g/mol. The number of carbonyl (C=O) groups is 1. The van der Waals surface area contributed by atoms with Gasteiger partial charge in [-0.15, -0.1) is 0 Å². The maximum atomic E-state index is 13.1. The molecule has 0 fully saturated rings. The quantitative estimate of drug-likeness (QED) is 0.793. The van der Waals surface area contributed by atoms with E-state index in [1.165, 1.54) is 6.07 Å². The summed E-state index contributed by atoms with van der Waals surface area (Å²) >= 11 is 0. The van der Waals surface area contributed by atoms with Crippen molar-refractivity contribution in [1.82, 2.24) is 0 Å². The third kappa shape index (κ3) is 4.29. The fourth-order valence-corrected chi connectivity index (χ4v) is 3.05. The van der Waals surface area contributed by atoms with Crippen molar-refractivity contribution in [2.75, 3.05) is 5.75 Å². The van der Waals surface area contributed by atoms with Crippen molar-refractivity contribution in [3.05, 3.63) is 70.8 Å². The molecule has 110 valence electrons. The van der Waals surface area contributed by atoms with E-state index in [0.29, 0.717) is 0 Å². The van der Waals surface area contributed by atoms with Gasteiger partial charge in [0.25, 0.3) is 0 Å². The topological polar surface area (TPSA) is 34.1 Å². The van der Waals surface area contributed by atoms with Gasteiger partial charge < -0.3 is 0 Å². The summed E-state index contributed by atoms with van der Waals surface area (Å²) < 4.78 is 37.9. The van der Waals surface area contributed by atoms with E-state index in [4.69, 9.17) is 0 Å². The van der Waals surface area contributed by atoms with Crippen molar-refractivity contribution in [3.63, 3.8) is 0 Å². The predicted octanol–water partition coefficient (Wildman–Crippen LogP) is 3.40. The molecule has 2 aromatic carbocycles. The second kappa shape index (κ2) is 6.72. The van der Waals surface area contributed by atoms with Crippen molar-refractivity contribution >= 4 is 16.6 Å². The average Bonchev–Trinajstić information content (AvgIpc) is 2.41. The van der Waals surface area contributed by atoms with Gasteiger partial charge in [0.2, 0.25) is 0 Å². The van der Waals surface area contributed by atoms with Gasteiger partial charge in [0.05, 0.1) is 5.75 Å². The first-order valence-corrected chi connectivity index (χ1v) is 7.83. The van der Waals surface area contributed by atoms with E-state index in [1.54, 1.807) is 0 Å². The Bertz CT molecular complexity index is 698. The molecule has 0 heterocycles. The molecule has 2 aromatic rings. The van der Waals surface area contributed by atoms with Gasteiger partial charge >= 0.3 is 0 Å². The Morgan fingerprint density at radius 1 is 1.10 bits per heavy atom. The molecule has 2 rings (SSSR count). The van der Waals surface area contributed by atoms with Crippen LogP contribution in [0.4, 0.5) is 8.78 Å². The van der Waals surface area contributed by atoms with E-state index in [-0.39, 0.29) is 17.1 Å². The highest BCUT2D eigenvalue weighted by molar-refractivity contribution is 7.85. The Balaban J connectivity index is 2.02. The van der Waals surface area contributed by atoms with Gasteiger partial charge in [-0.3, -0.25) is 9.00 Å². The normalized spacial score (nSPS) is 12.1. The lowest BCUT2D eigenvalue weighted by Crippen LogP contribution is -2.13. The maximum absolute atomic E-state index is 13.1. The van der Waals surface area contributed by atoms with Crippen LogP contribution in [0.3, 0.4) is 0 Å². The second-order valence-electron chi connectivity index (χ2n) is 4.77. The van der Waals surface area contributed by atoms with Gasteiger partial charge in [-0.25, -0.2) is 8.78 Å². The van der Waals surface area contributed by atoms with Crippen LogP contribution in [0.2, 0.25) is 0 Å². The highest BCUT2D eigenvalue weighted by Gasteiger charge is 2.13. The summed E-state index contributed by atoms with van der Waals surface area (Å²) in [5.41, 5.74) is 1.97. The first-order valence-electron chi connectivity index (χ1n) is 6.34. The van der Waals surface area contributed by atoms with Gasteiger partial charge in [0.1, 0.15) is 0 Å². The molecular formula is C16H14F2O2S. The molecule has 5 heteroatoms. The number of hydrogen-bond donors (Lipinski definition) is 0. The third-order valence-electron chi connectivity index (χ3n) is 2.94. The van der Waals surface area contributed by atoms with Crippen LogP contribution in [-0.4, -0.2) is 15.7 Å². The molecule has 0 aliphatic carbocycles. The van der Waals surface area contributed by atoms with E-state index < -0.39 is 28.2 Å². The van der Waals surface area contributed by atoms with Crippen molar-refractivity contribution in [2.45, 2.75) is 12.7 Å². The largest absolute Gasteiger partial charge is 0.293 e. The van der Waals surface area contributed by atoms with E-state index in [1.807, 2.05) is 31.2 Å². The van der Waals surface area contributed by atoms with Crippen LogP contribution in [0.25, 0.3) is 0 Å². The van der Waals surface area contributed by atoms with Crippen LogP contribution in [0, 0.1) is 18.6 Å². The minimum absolute atomic E-state index is 0.0338. The Kier molecular flexibility index (Phi) is 4.96. The summed E-state index contributed by atoms with van der Waals surface area (Å²) in [6.07, 6.45) is 0. The molecule has 0 N–H and O–H groups in total. The van der Waals surface area contributed by atoms with Crippen LogP contribution >= 0.6 is 0 Å². The van der Waals surface area contributed by atoms with Gasteiger partial charge in [0, 0.05) is 22.1 Å². The van der Waals surface area contributed by atoms with Gasteiger partial charge in [-0.05, 0) is 30.7 Å². The third-order valence-corrected chi connectivity index (χ3v) is 4.18. The molecule has 0 aliphatic heterocycles. The van der Waals surface area contributed by atoms with E-state index in [0.717, 1.165) is 23.3 Å². The Hall–Kier alpha value is -1.88. The molecule has 0 radical (unpaired) electrons. The lowest BCUT2D eigenvalue weighted by atomic mass is 10.1. The van der Waals surface area contributed by atoms with E-state index in [2.05, 4.69) is 0 Å². The molecule has 0 amide bonds. The molecule has 0 aromatic heterocycles. The summed E-state index contributed by atoms with van der Waals surface area (Å²) in [7, 11) is -1.39. The van der Waals surface area contributed by atoms with Crippen LogP contribution in [0.1, 0.15) is 21.5 Å². The average molecular weight is 308 g/mol. The summed E-state index contributed by atoms with van der Waals surface area (Å²) in [6.45, 7) is 1.93. The number of ketones is 1. The lowest BCUT2D eigenvalue weighted by Gasteiger charge is -2.04. The summed E-state index contributed by atoms with van der Waals surface area (Å²) in [4.78, 5) is 11.9. The fraction of sp³-hybridized carbons (Fsp3) is 0.188. The minimum Gasteiger partial charge on any atom is -0.293 e. The molecule has 21 heavy (non-hydrogen) atoms. The smallest absolute Gasteiger partial charge is 0.175 e. The molecule has 0 spiro atoms. The summed E-state index contributed by atoms with van der Waals surface area (Å²) in [6, 6.07) is 10.5. The van der Waals surface area contributed by atoms with Gasteiger partial charge in [-0.2, -0.15) is 0 Å². The summed E-state index contributed by atoms with van der Waals surface area (Å²) in [5, 5.41) is 0. The van der Waals surface area contributed by atoms with Crippen molar-refractivity contribution in [2.24, 2.45) is 0 Å². The number of halogens is 2. The first kappa shape index (κ1) is 15.5. The monoisotopic (exact) mass is 308 g/mol. The number of benzene rings is 2. The number of aryl methyl sites for hydroxylation is 1. The molecule has 0 saturated carbocycles. The van der Waals surface area contributed by atoms with Crippen LogP contribution < -0.4 is 0 Å². The predicted molar refractivity (Wildman–Crippen MR) is 78.6 cm³/mol. The SMILES string of the molecule is Cc1cccc(CS(=O)CC(=O)c2ccc(F)c(F)c2)c1. The molecule has 0 saturated heterocycles.